The Bertz CT molecular complexity index is 2620. The molecule has 4 nitrogen and oxygen atoms in total. The fourth-order valence-electron chi connectivity index (χ4n) is 6.25. The van der Waals surface area contributed by atoms with E-state index >= 15 is 0 Å². The number of benzene rings is 4. The molecular formula is C50H42B2Br4F8N2O2. The Morgan fingerprint density at radius 1 is 0.588 bits per heavy atom. The molecule has 0 N–H and O–H groups in total. The fraction of sp³-hybridized carbons (Fsp3) is 0.140. The standard InChI is InChI=1S/C32H29Br2N2O.C18H13Br2O.2BF4/c1-36(21-5-3-2-4-20-35)30-17-6-24(7-18-30)8-19-31-22-27(25-9-13-28(33)14-10-25)23-32(37-31)26-11-15-29(34)16-12-26;1-12-10-15(13-2-6-16(19)7-3-13)11-18(21-12)14-4-8-17(20)9-5-14;2*2-1(3,4)5/h6-19,22-23H,2-5,21H2,1H3;2-11H,1H3;;/q2*+1;2*-1. The van der Waals surface area contributed by atoms with Crippen LogP contribution in [0.2, 0.25) is 0 Å². The van der Waals surface area contributed by atoms with E-state index in [1.807, 2.05) is 61.5 Å². The maximum Gasteiger partial charge on any atom is 0.673 e. The monoisotopic (exact) mass is 1190 g/mol. The molecule has 68 heavy (non-hydrogen) atoms. The summed E-state index contributed by atoms with van der Waals surface area (Å²) >= 11 is 14.0. The van der Waals surface area contributed by atoms with Gasteiger partial charge < -0.3 is 39.3 Å². The molecule has 4 aromatic carbocycles. The first-order chi connectivity index (χ1) is 32.1. The van der Waals surface area contributed by atoms with Crippen LogP contribution in [0.4, 0.5) is 34.5 Å². The minimum Gasteiger partial charge on any atom is -0.457 e. The summed E-state index contributed by atoms with van der Waals surface area (Å²) in [5.41, 5.74) is 8.96. The highest BCUT2D eigenvalue weighted by Crippen LogP contribution is 2.34. The highest BCUT2D eigenvalue weighted by molar-refractivity contribution is 9.11. The van der Waals surface area contributed by atoms with E-state index in [0.717, 1.165) is 100 Å². The van der Waals surface area contributed by atoms with Crippen LogP contribution in [0.5, 0.6) is 0 Å². The number of unbranched alkanes of at least 4 members (excludes halogenated alkanes) is 3. The van der Waals surface area contributed by atoms with Crippen LogP contribution < -0.4 is 0 Å². The molecule has 7 rings (SSSR count). The smallest absolute Gasteiger partial charge is 0.457 e. The molecule has 0 amide bonds. The molecule has 0 fully saturated rings. The topological polar surface area (TPSA) is 47.3 Å². The summed E-state index contributed by atoms with van der Waals surface area (Å²) in [4.78, 5) is 0. The van der Waals surface area contributed by atoms with Crippen LogP contribution in [0.25, 0.3) is 33.8 Å². The molecule has 2 heterocycles. The fourth-order valence-corrected chi connectivity index (χ4v) is 7.30. The summed E-state index contributed by atoms with van der Waals surface area (Å²) in [5.74, 6) is 3.38. The van der Waals surface area contributed by atoms with Crippen molar-refractivity contribution >= 4 is 95.3 Å². The van der Waals surface area contributed by atoms with Gasteiger partial charge in [0.25, 0.3) is 0 Å². The third-order valence-electron chi connectivity index (χ3n) is 9.40. The lowest BCUT2D eigenvalue weighted by Gasteiger charge is -2.18. The average molecular weight is 1200 g/mol. The molecule has 0 atom stereocenters. The van der Waals surface area contributed by atoms with Gasteiger partial charge in [-0.15, -0.1) is 0 Å². The maximum atomic E-state index is 9.75. The molecule has 0 spiro atoms. The summed E-state index contributed by atoms with van der Waals surface area (Å²) < 4.78 is 96.7. The summed E-state index contributed by atoms with van der Waals surface area (Å²) in [6, 6.07) is 39.3. The normalized spacial score (nSPS) is 13.6. The van der Waals surface area contributed by atoms with Crippen molar-refractivity contribution in [3.63, 3.8) is 0 Å². The highest BCUT2D eigenvalue weighted by atomic mass is 79.9. The number of hydrogen-bond acceptors (Lipinski definition) is 2. The predicted molar refractivity (Wildman–Crippen MR) is 274 cm³/mol. The van der Waals surface area contributed by atoms with Gasteiger partial charge in [0.2, 0.25) is 0 Å². The largest absolute Gasteiger partial charge is 0.673 e. The van der Waals surface area contributed by atoms with E-state index in [2.05, 4.69) is 185 Å². The Morgan fingerprint density at radius 3 is 1.56 bits per heavy atom. The van der Waals surface area contributed by atoms with E-state index in [9.17, 15) is 34.5 Å². The van der Waals surface area contributed by atoms with Gasteiger partial charge in [0, 0.05) is 60.1 Å². The molecule has 0 unspecified atom stereocenters. The van der Waals surface area contributed by atoms with Crippen LogP contribution in [0, 0.1) is 18.3 Å². The predicted octanol–water partition coefficient (Wildman–Crippen LogP) is 18.1. The first-order valence-electron chi connectivity index (χ1n) is 20.7. The summed E-state index contributed by atoms with van der Waals surface area (Å²) in [5, 5.41) is 8.67. The lowest BCUT2D eigenvalue weighted by atomic mass is 10.0. The average Bonchev–Trinajstić information content (AvgIpc) is 3.28. The number of nitriles is 1. The van der Waals surface area contributed by atoms with Crippen LogP contribution in [0.1, 0.15) is 42.6 Å². The summed E-state index contributed by atoms with van der Waals surface area (Å²) in [6.07, 6.45) is 20.7. The van der Waals surface area contributed by atoms with Gasteiger partial charge >= 0.3 is 26.0 Å². The number of nitrogens with zero attached hydrogens (tertiary/aromatic N) is 2. The van der Waals surface area contributed by atoms with Crippen molar-refractivity contribution in [2.45, 2.75) is 32.6 Å². The molecule has 354 valence electrons. The van der Waals surface area contributed by atoms with E-state index in [-0.39, 0.29) is 0 Å². The van der Waals surface area contributed by atoms with E-state index < -0.39 is 14.5 Å². The van der Waals surface area contributed by atoms with Gasteiger partial charge in [0.15, 0.2) is 5.71 Å². The van der Waals surface area contributed by atoms with Crippen molar-refractivity contribution in [2.24, 2.45) is 0 Å². The van der Waals surface area contributed by atoms with Crippen LogP contribution in [0.3, 0.4) is 0 Å². The van der Waals surface area contributed by atoms with Crippen molar-refractivity contribution in [1.82, 2.24) is 0 Å². The van der Waals surface area contributed by atoms with E-state index in [1.54, 1.807) is 0 Å². The molecule has 5 aromatic rings. The lowest BCUT2D eigenvalue weighted by molar-refractivity contribution is -0.496. The van der Waals surface area contributed by atoms with Gasteiger partial charge in [-0.1, -0.05) is 106 Å². The van der Waals surface area contributed by atoms with Gasteiger partial charge in [0.05, 0.1) is 24.6 Å². The molecule has 18 heteroatoms. The summed E-state index contributed by atoms with van der Waals surface area (Å²) in [7, 11) is -9.88. The molecular weight excluding hydrogens is 1150 g/mol. The molecule has 0 saturated carbocycles. The Hall–Kier alpha value is -5.08. The second kappa shape index (κ2) is 27.2. The second-order valence-electron chi connectivity index (χ2n) is 14.8. The Labute approximate surface area is 424 Å². The van der Waals surface area contributed by atoms with Crippen LogP contribution in [-0.2, 0) is 4.74 Å². The molecule has 1 aromatic heterocycles. The number of hydrogen-bond donors (Lipinski definition) is 0. The molecule has 1 aliphatic heterocycles. The zero-order valence-corrected chi connectivity index (χ0v) is 42.8. The van der Waals surface area contributed by atoms with E-state index in [0.29, 0.717) is 6.42 Å². The number of allylic oxidation sites excluding steroid dienone is 10. The first kappa shape index (κ1) is 55.5. The van der Waals surface area contributed by atoms with Gasteiger partial charge in [-0.2, -0.15) is 5.26 Å². The number of rotatable bonds is 10. The molecule has 1 aliphatic carbocycles. The SMILES string of the molecule is C[N+](CCCCCC#N)=C1C=CC(=CC=C2C=C(c3ccc(Br)cc3)C=C(c3ccc(Br)cc3)O2)C=C1.Cc1cc(-c2ccc(Br)cc2)cc(-c2ccc(Br)cc2)[o+]1.F[B-](F)(F)F.F[B-](F)(F)F. The van der Waals surface area contributed by atoms with Crippen LogP contribution >= 0.6 is 63.7 Å². The maximum absolute atomic E-state index is 9.75. The third-order valence-corrected chi connectivity index (χ3v) is 11.5. The Balaban J connectivity index is 0.000000271. The van der Waals surface area contributed by atoms with Gasteiger partial charge in [-0.05, 0) is 126 Å². The lowest BCUT2D eigenvalue weighted by Crippen LogP contribution is -2.16. The van der Waals surface area contributed by atoms with Gasteiger partial charge in [0.1, 0.15) is 25.1 Å². The van der Waals surface area contributed by atoms with Crippen molar-refractivity contribution < 1.29 is 48.3 Å². The van der Waals surface area contributed by atoms with E-state index in [4.69, 9.17) is 14.4 Å². The quantitative estimate of drug-likeness (QED) is 0.0460. The van der Waals surface area contributed by atoms with Gasteiger partial charge in [-0.3, -0.25) is 0 Å². The van der Waals surface area contributed by atoms with Crippen molar-refractivity contribution in [2.75, 3.05) is 13.6 Å². The Morgan fingerprint density at radius 2 is 1.06 bits per heavy atom. The Kier molecular flexibility index (Phi) is 22.2. The van der Waals surface area contributed by atoms with Gasteiger partial charge in [-0.25, -0.2) is 8.99 Å². The highest BCUT2D eigenvalue weighted by Gasteiger charge is 2.21. The van der Waals surface area contributed by atoms with Crippen LogP contribution in [0.15, 0.2) is 191 Å². The van der Waals surface area contributed by atoms with Crippen molar-refractivity contribution in [3.8, 4) is 28.5 Å². The van der Waals surface area contributed by atoms with Crippen LogP contribution in [-0.4, -0.2) is 38.4 Å². The van der Waals surface area contributed by atoms with Crippen molar-refractivity contribution in [1.29, 1.82) is 5.26 Å². The van der Waals surface area contributed by atoms with E-state index in [1.165, 1.54) is 11.3 Å². The molecule has 2 aliphatic rings. The minimum atomic E-state index is -6.00. The zero-order chi connectivity index (χ0) is 49.9. The summed E-state index contributed by atoms with van der Waals surface area (Å²) in [6.45, 7) is 2.96. The second-order valence-corrected chi connectivity index (χ2v) is 18.4. The molecule has 0 radical (unpaired) electrons. The minimum absolute atomic E-state index is 0.647. The van der Waals surface area contributed by atoms with Crippen molar-refractivity contribution in [3.05, 3.63) is 204 Å². The zero-order valence-electron chi connectivity index (χ0n) is 36.4. The molecule has 0 saturated heterocycles. The number of aryl methyl sites for hydroxylation is 1. The third kappa shape index (κ3) is 21.5. The first-order valence-corrected chi connectivity index (χ1v) is 23.9. The number of halogens is 12. The number of ether oxygens (including phenoxy) is 1. The molecule has 0 bridgehead atoms.